The van der Waals surface area contributed by atoms with Crippen LogP contribution in [-0.2, 0) is 0 Å². The fourth-order valence-electron chi connectivity index (χ4n) is 1.17. The summed E-state index contributed by atoms with van der Waals surface area (Å²) < 4.78 is 0. The average Bonchev–Trinajstić information content (AvgIpc) is 2.68. The summed E-state index contributed by atoms with van der Waals surface area (Å²) in [5.74, 6) is 2.09. The van der Waals surface area contributed by atoms with E-state index in [-0.39, 0.29) is 0 Å². The molecule has 0 bridgehead atoms. The van der Waals surface area contributed by atoms with Crippen molar-refractivity contribution < 1.29 is 0 Å². The van der Waals surface area contributed by atoms with Crippen molar-refractivity contribution in [3.05, 3.63) is 30.4 Å². The normalized spacial score (nSPS) is 10.8. The van der Waals surface area contributed by atoms with Crippen LogP contribution in [0.15, 0.2) is 24.5 Å². The van der Waals surface area contributed by atoms with E-state index in [0.29, 0.717) is 5.92 Å². The lowest BCUT2D eigenvalue weighted by atomic mass is 10.2. The molecule has 1 N–H and O–H groups in total. The molecule has 0 aromatic carbocycles. The number of aromatic amines is 1. The molecular weight excluding hydrogens is 176 g/mol. The molecule has 0 spiro atoms. The van der Waals surface area contributed by atoms with E-state index in [2.05, 4.69) is 34.0 Å². The number of hydrogen-bond donors (Lipinski definition) is 1. The minimum atomic E-state index is 0.373. The van der Waals surface area contributed by atoms with Crippen molar-refractivity contribution in [3.8, 4) is 11.4 Å². The number of hydrogen-bond acceptors (Lipinski definition) is 3. The molecule has 0 fully saturated rings. The molecule has 0 radical (unpaired) electrons. The molecule has 4 heteroatoms. The van der Waals surface area contributed by atoms with Gasteiger partial charge in [-0.1, -0.05) is 13.8 Å². The predicted molar refractivity (Wildman–Crippen MR) is 53.7 cm³/mol. The summed E-state index contributed by atoms with van der Waals surface area (Å²) in [4.78, 5) is 7.13. The lowest BCUT2D eigenvalue weighted by Crippen LogP contribution is -1.89. The maximum atomic E-state index is 4.07. The zero-order chi connectivity index (χ0) is 9.97. The van der Waals surface area contributed by atoms with Gasteiger partial charge in [-0.25, -0.2) is 0 Å². The maximum Gasteiger partial charge on any atom is 0.161 e. The van der Waals surface area contributed by atoms with E-state index in [1.54, 1.807) is 12.4 Å². The molecule has 0 aliphatic heterocycles. The van der Waals surface area contributed by atoms with Gasteiger partial charge in [-0.2, -0.15) is 0 Å². The van der Waals surface area contributed by atoms with Gasteiger partial charge in [0.25, 0.3) is 0 Å². The summed E-state index contributed by atoms with van der Waals surface area (Å²) in [5.41, 5.74) is 1.01. The van der Waals surface area contributed by atoms with Crippen LogP contribution in [0, 0.1) is 0 Å². The second-order valence-electron chi connectivity index (χ2n) is 3.45. The molecule has 72 valence electrons. The van der Waals surface area contributed by atoms with Crippen LogP contribution in [0.1, 0.15) is 25.6 Å². The highest BCUT2D eigenvalue weighted by molar-refractivity contribution is 5.52. The molecule has 2 aromatic rings. The standard InChI is InChI=1S/C10H12N4/c1-7(2)9-12-10(14-13-9)8-3-5-11-6-4-8/h3-7H,1-2H3,(H,12,13,14). The first-order chi connectivity index (χ1) is 6.77. The summed E-state index contributed by atoms with van der Waals surface area (Å²) in [6.07, 6.45) is 3.49. The van der Waals surface area contributed by atoms with Crippen molar-refractivity contribution in [2.45, 2.75) is 19.8 Å². The Morgan fingerprint density at radius 2 is 1.86 bits per heavy atom. The highest BCUT2D eigenvalue weighted by Gasteiger charge is 2.07. The van der Waals surface area contributed by atoms with Crippen LogP contribution in [-0.4, -0.2) is 20.2 Å². The lowest BCUT2D eigenvalue weighted by Gasteiger charge is -1.96. The first-order valence-electron chi connectivity index (χ1n) is 4.60. The summed E-state index contributed by atoms with van der Waals surface area (Å²) in [6.45, 7) is 4.16. The Bertz CT molecular complexity index is 405. The van der Waals surface area contributed by atoms with Gasteiger partial charge in [0.2, 0.25) is 0 Å². The summed E-state index contributed by atoms with van der Waals surface area (Å²) in [6, 6.07) is 3.81. The second-order valence-corrected chi connectivity index (χ2v) is 3.45. The molecular formula is C10H12N4. The Morgan fingerprint density at radius 1 is 1.14 bits per heavy atom. The molecule has 4 nitrogen and oxygen atoms in total. The van der Waals surface area contributed by atoms with Crippen molar-refractivity contribution in [2.75, 3.05) is 0 Å². The van der Waals surface area contributed by atoms with Crippen LogP contribution in [0.4, 0.5) is 0 Å². The molecule has 0 unspecified atom stereocenters. The van der Waals surface area contributed by atoms with E-state index >= 15 is 0 Å². The van der Waals surface area contributed by atoms with Crippen molar-refractivity contribution in [3.63, 3.8) is 0 Å². The van der Waals surface area contributed by atoms with Crippen LogP contribution in [0.2, 0.25) is 0 Å². The van der Waals surface area contributed by atoms with E-state index in [0.717, 1.165) is 17.2 Å². The molecule has 2 rings (SSSR count). The molecule has 0 aliphatic carbocycles. The molecule has 0 saturated carbocycles. The zero-order valence-corrected chi connectivity index (χ0v) is 8.23. The van der Waals surface area contributed by atoms with Crippen LogP contribution in [0.25, 0.3) is 11.4 Å². The van der Waals surface area contributed by atoms with E-state index in [1.807, 2.05) is 12.1 Å². The number of pyridine rings is 1. The van der Waals surface area contributed by atoms with E-state index < -0.39 is 0 Å². The van der Waals surface area contributed by atoms with Gasteiger partial charge in [-0.3, -0.25) is 4.98 Å². The fraction of sp³-hybridized carbons (Fsp3) is 0.300. The third kappa shape index (κ3) is 1.64. The smallest absolute Gasteiger partial charge is 0.161 e. The van der Waals surface area contributed by atoms with Gasteiger partial charge in [-0.15, -0.1) is 10.2 Å². The van der Waals surface area contributed by atoms with Gasteiger partial charge in [0.1, 0.15) is 5.82 Å². The number of H-pyrrole nitrogens is 1. The van der Waals surface area contributed by atoms with Gasteiger partial charge < -0.3 is 4.98 Å². The van der Waals surface area contributed by atoms with E-state index in [4.69, 9.17) is 0 Å². The third-order valence-corrected chi connectivity index (χ3v) is 2.00. The molecule has 2 aromatic heterocycles. The summed E-state index contributed by atoms with van der Waals surface area (Å²) in [5, 5.41) is 8.14. The monoisotopic (exact) mass is 188 g/mol. The van der Waals surface area contributed by atoms with Crippen molar-refractivity contribution in [1.29, 1.82) is 0 Å². The summed E-state index contributed by atoms with van der Waals surface area (Å²) in [7, 11) is 0. The fourth-order valence-corrected chi connectivity index (χ4v) is 1.17. The highest BCUT2D eigenvalue weighted by atomic mass is 15.2. The number of nitrogens with zero attached hydrogens (tertiary/aromatic N) is 3. The largest absolute Gasteiger partial charge is 0.325 e. The minimum absolute atomic E-state index is 0.373. The van der Waals surface area contributed by atoms with Gasteiger partial charge >= 0.3 is 0 Å². The molecule has 14 heavy (non-hydrogen) atoms. The quantitative estimate of drug-likeness (QED) is 0.784. The zero-order valence-electron chi connectivity index (χ0n) is 8.23. The molecule has 0 amide bonds. The predicted octanol–water partition coefficient (Wildman–Crippen LogP) is 1.99. The minimum Gasteiger partial charge on any atom is -0.325 e. The van der Waals surface area contributed by atoms with E-state index in [1.165, 1.54) is 0 Å². The van der Waals surface area contributed by atoms with Gasteiger partial charge in [-0.05, 0) is 12.1 Å². The van der Waals surface area contributed by atoms with Gasteiger partial charge in [0, 0.05) is 23.9 Å². The average molecular weight is 188 g/mol. The Balaban J connectivity index is 2.34. The number of aromatic nitrogens is 4. The molecule has 0 saturated heterocycles. The Hall–Kier alpha value is -1.71. The van der Waals surface area contributed by atoms with E-state index in [9.17, 15) is 0 Å². The van der Waals surface area contributed by atoms with Crippen molar-refractivity contribution in [1.82, 2.24) is 20.2 Å². The Labute approximate surface area is 82.4 Å². The van der Waals surface area contributed by atoms with Crippen LogP contribution < -0.4 is 0 Å². The first-order valence-corrected chi connectivity index (χ1v) is 4.60. The van der Waals surface area contributed by atoms with Crippen LogP contribution >= 0.6 is 0 Å². The Kier molecular flexibility index (Phi) is 2.26. The van der Waals surface area contributed by atoms with Crippen LogP contribution in [0.5, 0.6) is 0 Å². The van der Waals surface area contributed by atoms with Crippen molar-refractivity contribution in [2.24, 2.45) is 0 Å². The second kappa shape index (κ2) is 3.57. The van der Waals surface area contributed by atoms with Gasteiger partial charge in [0.05, 0.1) is 0 Å². The molecule has 0 atom stereocenters. The molecule has 0 aliphatic rings. The first kappa shape index (κ1) is 8.87. The SMILES string of the molecule is CC(C)c1nnc(-c2ccncc2)[nH]1. The lowest BCUT2D eigenvalue weighted by molar-refractivity contribution is 0.781. The topological polar surface area (TPSA) is 54.5 Å². The molecule has 2 heterocycles. The summed E-state index contributed by atoms with van der Waals surface area (Å²) >= 11 is 0. The van der Waals surface area contributed by atoms with Crippen LogP contribution in [0.3, 0.4) is 0 Å². The highest BCUT2D eigenvalue weighted by Crippen LogP contribution is 2.15. The maximum absolute atomic E-state index is 4.07. The van der Waals surface area contributed by atoms with Gasteiger partial charge in [0.15, 0.2) is 5.82 Å². The third-order valence-electron chi connectivity index (χ3n) is 2.00. The number of nitrogens with one attached hydrogen (secondary N) is 1. The number of rotatable bonds is 2. The Morgan fingerprint density at radius 3 is 2.43 bits per heavy atom. The van der Waals surface area contributed by atoms with Crippen molar-refractivity contribution >= 4 is 0 Å².